The van der Waals surface area contributed by atoms with Crippen molar-refractivity contribution in [2.24, 2.45) is 0 Å². The highest BCUT2D eigenvalue weighted by molar-refractivity contribution is 7.99. The van der Waals surface area contributed by atoms with Crippen molar-refractivity contribution in [3.05, 3.63) is 12.1 Å². The number of thiazole rings is 1. The van der Waals surface area contributed by atoms with Crippen LogP contribution in [-0.2, 0) is 0 Å². The highest BCUT2D eigenvalue weighted by Gasteiger charge is 2.24. The Labute approximate surface area is 147 Å². The van der Waals surface area contributed by atoms with E-state index in [2.05, 4.69) is 32.0 Å². The molecule has 128 valence electrons. The molecule has 2 rings (SSSR count). The molecule has 0 aliphatic rings. The number of fused-ring (bicyclic) bond motifs is 1. The van der Waals surface area contributed by atoms with E-state index in [-0.39, 0.29) is 5.54 Å². The van der Waals surface area contributed by atoms with Crippen LogP contribution in [0, 0.1) is 0 Å². The zero-order chi connectivity index (χ0) is 17.0. The van der Waals surface area contributed by atoms with E-state index < -0.39 is 0 Å². The molecule has 0 fully saturated rings. The minimum Gasteiger partial charge on any atom is -0.497 e. The number of ether oxygens (including phenoxy) is 2. The average Bonchev–Trinajstić information content (AvgIpc) is 2.91. The third kappa shape index (κ3) is 4.52. The minimum absolute atomic E-state index is 0.0967. The van der Waals surface area contributed by atoms with Crippen LogP contribution in [0.25, 0.3) is 10.2 Å². The highest BCUT2D eigenvalue weighted by Crippen LogP contribution is 2.40. The average molecular weight is 355 g/mol. The summed E-state index contributed by atoms with van der Waals surface area (Å²) in [4.78, 5) is 4.78. The van der Waals surface area contributed by atoms with Crippen molar-refractivity contribution in [2.75, 3.05) is 20.8 Å². The molecular formula is C17H26N2O2S2. The lowest BCUT2D eigenvalue weighted by molar-refractivity contribution is 0.270. The van der Waals surface area contributed by atoms with Gasteiger partial charge in [-0.1, -0.05) is 13.3 Å². The SMILES string of the molecule is CCCCN(Sc1nc2c(OC)cc(OC)cc2s1)C(C)(C)C. The Kier molecular flexibility index (Phi) is 6.17. The largest absolute Gasteiger partial charge is 0.497 e. The third-order valence-electron chi connectivity index (χ3n) is 3.52. The maximum Gasteiger partial charge on any atom is 0.166 e. The molecular weight excluding hydrogens is 328 g/mol. The van der Waals surface area contributed by atoms with E-state index >= 15 is 0 Å². The maximum absolute atomic E-state index is 5.46. The van der Waals surface area contributed by atoms with Crippen LogP contribution in [0.4, 0.5) is 0 Å². The first-order chi connectivity index (χ1) is 10.9. The molecule has 0 unspecified atom stereocenters. The second-order valence-electron chi connectivity index (χ2n) is 6.37. The van der Waals surface area contributed by atoms with Gasteiger partial charge >= 0.3 is 0 Å². The van der Waals surface area contributed by atoms with E-state index in [0.29, 0.717) is 0 Å². The molecule has 6 heteroatoms. The van der Waals surface area contributed by atoms with Gasteiger partial charge in [0.1, 0.15) is 17.0 Å². The summed E-state index contributed by atoms with van der Waals surface area (Å²) in [5.41, 5.74) is 1.00. The molecule has 0 radical (unpaired) electrons. The minimum atomic E-state index is 0.0967. The fourth-order valence-corrected chi connectivity index (χ4v) is 4.43. The highest BCUT2D eigenvalue weighted by atomic mass is 32.2. The predicted octanol–water partition coefficient (Wildman–Crippen LogP) is 5.22. The Morgan fingerprint density at radius 1 is 1.22 bits per heavy atom. The third-order valence-corrected chi connectivity index (χ3v) is 5.99. The molecule has 0 bridgehead atoms. The molecule has 0 aliphatic carbocycles. The summed E-state index contributed by atoms with van der Waals surface area (Å²) in [5.74, 6) is 1.56. The summed E-state index contributed by atoms with van der Waals surface area (Å²) < 4.78 is 15.4. The van der Waals surface area contributed by atoms with Crippen LogP contribution >= 0.6 is 23.3 Å². The second kappa shape index (κ2) is 7.73. The van der Waals surface area contributed by atoms with Crippen molar-refractivity contribution in [3.63, 3.8) is 0 Å². The van der Waals surface area contributed by atoms with Crippen molar-refractivity contribution in [2.45, 2.75) is 50.4 Å². The number of methoxy groups -OCH3 is 2. The van der Waals surface area contributed by atoms with Crippen LogP contribution in [0.3, 0.4) is 0 Å². The molecule has 0 saturated carbocycles. The summed E-state index contributed by atoms with van der Waals surface area (Å²) >= 11 is 3.42. The smallest absolute Gasteiger partial charge is 0.166 e. The lowest BCUT2D eigenvalue weighted by Crippen LogP contribution is -2.36. The van der Waals surface area contributed by atoms with E-state index in [1.807, 2.05) is 12.1 Å². The first-order valence-electron chi connectivity index (χ1n) is 7.87. The maximum atomic E-state index is 5.46. The molecule has 1 aromatic heterocycles. The lowest BCUT2D eigenvalue weighted by atomic mass is 10.1. The Bertz CT molecular complexity index is 650. The number of nitrogens with zero attached hydrogens (tertiary/aromatic N) is 2. The van der Waals surface area contributed by atoms with Gasteiger partial charge in [0.2, 0.25) is 0 Å². The van der Waals surface area contributed by atoms with Crippen molar-refractivity contribution >= 4 is 33.5 Å². The molecule has 0 amide bonds. The van der Waals surface area contributed by atoms with Gasteiger partial charge in [0, 0.05) is 18.2 Å². The lowest BCUT2D eigenvalue weighted by Gasteiger charge is -2.33. The Morgan fingerprint density at radius 2 is 1.96 bits per heavy atom. The number of rotatable bonds is 7. The zero-order valence-electron chi connectivity index (χ0n) is 14.8. The van der Waals surface area contributed by atoms with Crippen LogP contribution in [0.5, 0.6) is 11.5 Å². The van der Waals surface area contributed by atoms with Gasteiger partial charge in [-0.3, -0.25) is 0 Å². The number of hydrogen-bond donors (Lipinski definition) is 0. The molecule has 0 N–H and O–H groups in total. The summed E-state index contributed by atoms with van der Waals surface area (Å²) in [7, 11) is 3.34. The van der Waals surface area contributed by atoms with Gasteiger partial charge in [-0.2, -0.15) is 0 Å². The summed E-state index contributed by atoms with van der Waals surface area (Å²) in [6.07, 6.45) is 2.38. The van der Waals surface area contributed by atoms with Gasteiger partial charge in [0.15, 0.2) is 4.34 Å². The van der Waals surface area contributed by atoms with E-state index in [4.69, 9.17) is 14.5 Å². The van der Waals surface area contributed by atoms with E-state index in [0.717, 1.165) is 32.6 Å². The van der Waals surface area contributed by atoms with Gasteiger partial charge in [0.05, 0.1) is 18.9 Å². The molecule has 2 aromatic rings. The van der Waals surface area contributed by atoms with Crippen molar-refractivity contribution < 1.29 is 9.47 Å². The fraction of sp³-hybridized carbons (Fsp3) is 0.588. The molecule has 0 atom stereocenters. The zero-order valence-corrected chi connectivity index (χ0v) is 16.4. The molecule has 0 spiro atoms. The summed E-state index contributed by atoms with van der Waals surface area (Å²) in [5, 5.41) is 0. The van der Waals surface area contributed by atoms with Crippen molar-refractivity contribution in [3.8, 4) is 11.5 Å². The molecule has 4 nitrogen and oxygen atoms in total. The Morgan fingerprint density at radius 3 is 2.52 bits per heavy atom. The standard InChI is InChI=1S/C17H26N2O2S2/c1-7-8-9-19(17(2,3)4)23-16-18-15-13(21-6)10-12(20-5)11-14(15)22-16/h10-11H,7-9H2,1-6H3. The van der Waals surface area contributed by atoms with Gasteiger partial charge in [-0.25, -0.2) is 9.29 Å². The summed E-state index contributed by atoms with van der Waals surface area (Å²) in [6, 6.07) is 3.90. The first kappa shape index (κ1) is 18.4. The van der Waals surface area contributed by atoms with Crippen LogP contribution in [0.2, 0.25) is 0 Å². The molecule has 23 heavy (non-hydrogen) atoms. The van der Waals surface area contributed by atoms with Crippen LogP contribution in [-0.4, -0.2) is 35.6 Å². The van der Waals surface area contributed by atoms with Crippen LogP contribution < -0.4 is 9.47 Å². The number of aromatic nitrogens is 1. The number of benzene rings is 1. The van der Waals surface area contributed by atoms with Gasteiger partial charge in [-0.05, 0) is 45.2 Å². The van der Waals surface area contributed by atoms with Gasteiger partial charge < -0.3 is 9.47 Å². The van der Waals surface area contributed by atoms with Crippen LogP contribution in [0.15, 0.2) is 16.5 Å². The summed E-state index contributed by atoms with van der Waals surface area (Å²) in [6.45, 7) is 10.0. The fourth-order valence-electron chi connectivity index (χ4n) is 2.18. The molecule has 1 aromatic carbocycles. The van der Waals surface area contributed by atoms with Crippen LogP contribution in [0.1, 0.15) is 40.5 Å². The second-order valence-corrected chi connectivity index (χ2v) is 8.67. The molecule has 1 heterocycles. The van der Waals surface area contributed by atoms with Gasteiger partial charge in [-0.15, -0.1) is 11.3 Å². The Balaban J connectivity index is 2.32. The normalized spacial score (nSPS) is 12.1. The molecule has 0 saturated heterocycles. The Hall–Kier alpha value is -0.980. The number of unbranched alkanes of at least 4 members (excludes halogenated alkanes) is 1. The van der Waals surface area contributed by atoms with Crippen molar-refractivity contribution in [1.29, 1.82) is 0 Å². The molecule has 0 aliphatic heterocycles. The monoisotopic (exact) mass is 354 g/mol. The number of hydrogen-bond acceptors (Lipinski definition) is 6. The topological polar surface area (TPSA) is 34.6 Å². The first-order valence-corrected chi connectivity index (χ1v) is 9.46. The van der Waals surface area contributed by atoms with Gasteiger partial charge in [0.25, 0.3) is 0 Å². The quantitative estimate of drug-likeness (QED) is 0.637. The predicted molar refractivity (Wildman–Crippen MR) is 99.9 cm³/mol. The van der Waals surface area contributed by atoms with E-state index in [1.165, 1.54) is 12.8 Å². The van der Waals surface area contributed by atoms with E-state index in [1.54, 1.807) is 37.5 Å². The van der Waals surface area contributed by atoms with Crippen molar-refractivity contribution in [1.82, 2.24) is 9.29 Å². The van der Waals surface area contributed by atoms with E-state index in [9.17, 15) is 0 Å².